The van der Waals surface area contributed by atoms with E-state index in [9.17, 15) is 0 Å². The van der Waals surface area contributed by atoms with Crippen molar-refractivity contribution in [2.45, 2.75) is 19.3 Å². The molecular weight excluding hydrogens is 300 g/mol. The number of nitrogens with two attached hydrogens (primary N) is 1. The third-order valence-electron chi connectivity index (χ3n) is 4.27. The van der Waals surface area contributed by atoms with Crippen molar-refractivity contribution in [1.29, 1.82) is 5.41 Å². The van der Waals surface area contributed by atoms with Gasteiger partial charge in [0, 0.05) is 21.2 Å². The number of hydrogen-bond donors (Lipinski definition) is 2. The lowest BCUT2D eigenvalue weighted by molar-refractivity contribution is 0.912. The maximum atomic E-state index is 7.60. The predicted octanol–water partition coefficient (Wildman–Crippen LogP) is 4.07. The summed E-state index contributed by atoms with van der Waals surface area (Å²) in [5.74, 6) is 6.70. The maximum Gasteiger partial charge on any atom is 0.133 e. The van der Waals surface area contributed by atoms with Gasteiger partial charge in [0.1, 0.15) is 5.84 Å². The van der Waals surface area contributed by atoms with Gasteiger partial charge < -0.3 is 5.73 Å². The average molecular weight is 316 g/mol. The van der Waals surface area contributed by atoms with Crippen LogP contribution in [0, 0.1) is 17.3 Å². The topological polar surface area (TPSA) is 49.9 Å². The second kappa shape index (κ2) is 5.57. The molecule has 0 saturated carbocycles. The van der Waals surface area contributed by atoms with Crippen LogP contribution >= 0.6 is 11.3 Å². The zero-order valence-electron chi connectivity index (χ0n) is 12.6. The highest BCUT2D eigenvalue weighted by Gasteiger charge is 2.10. The lowest BCUT2D eigenvalue weighted by atomic mass is 10.1. The van der Waals surface area contributed by atoms with E-state index in [0.29, 0.717) is 0 Å². The van der Waals surface area contributed by atoms with E-state index in [1.807, 2.05) is 24.3 Å². The summed E-state index contributed by atoms with van der Waals surface area (Å²) in [5, 5.41) is 8.68. The average Bonchev–Trinajstić information content (AvgIpc) is 3.18. The number of amidine groups is 1. The fraction of sp³-hybridized carbons (Fsp3) is 0.150. The Morgan fingerprint density at radius 2 is 1.91 bits per heavy atom. The third-order valence-corrected chi connectivity index (χ3v) is 5.40. The van der Waals surface area contributed by atoms with E-state index < -0.39 is 0 Å². The summed E-state index contributed by atoms with van der Waals surface area (Å²) in [6.45, 7) is 0. The quantitative estimate of drug-likeness (QED) is 0.397. The molecule has 3 aromatic rings. The van der Waals surface area contributed by atoms with Crippen molar-refractivity contribution < 1.29 is 0 Å². The lowest BCUT2D eigenvalue weighted by Crippen LogP contribution is -2.08. The van der Waals surface area contributed by atoms with E-state index in [1.165, 1.54) is 30.4 Å². The van der Waals surface area contributed by atoms with Crippen molar-refractivity contribution in [3.63, 3.8) is 0 Å². The summed E-state index contributed by atoms with van der Waals surface area (Å²) in [7, 11) is 0. The summed E-state index contributed by atoms with van der Waals surface area (Å²) in [4.78, 5) is 0.798. The van der Waals surface area contributed by atoms with E-state index in [4.69, 9.17) is 11.1 Å². The number of nitrogen functional groups attached to an aromatic ring is 1. The number of thiophene rings is 1. The Morgan fingerprint density at radius 1 is 1.04 bits per heavy atom. The molecule has 1 aromatic heterocycles. The van der Waals surface area contributed by atoms with Gasteiger partial charge in [-0.3, -0.25) is 5.41 Å². The van der Waals surface area contributed by atoms with E-state index >= 15 is 0 Å². The number of aryl methyl sites for hydroxylation is 2. The van der Waals surface area contributed by atoms with Crippen LogP contribution in [0.2, 0.25) is 0 Å². The second-order valence-corrected chi connectivity index (χ2v) is 6.91. The smallest absolute Gasteiger partial charge is 0.133 e. The monoisotopic (exact) mass is 316 g/mol. The lowest BCUT2D eigenvalue weighted by Gasteiger charge is -1.99. The zero-order valence-corrected chi connectivity index (χ0v) is 13.5. The first-order chi connectivity index (χ1) is 11.2. The fourth-order valence-electron chi connectivity index (χ4n) is 3.09. The van der Waals surface area contributed by atoms with Crippen molar-refractivity contribution in [1.82, 2.24) is 0 Å². The molecule has 0 aliphatic heterocycles. The molecule has 3 heteroatoms. The Balaban J connectivity index is 1.75. The molecule has 23 heavy (non-hydrogen) atoms. The summed E-state index contributed by atoms with van der Waals surface area (Å²) >= 11 is 1.54. The van der Waals surface area contributed by atoms with Crippen molar-refractivity contribution in [3.05, 3.63) is 69.6 Å². The molecule has 0 atom stereocenters. The summed E-state index contributed by atoms with van der Waals surface area (Å²) < 4.78 is 1.12. The Labute approximate surface area is 139 Å². The normalized spacial score (nSPS) is 12.7. The highest BCUT2D eigenvalue weighted by molar-refractivity contribution is 7.20. The maximum absolute atomic E-state index is 7.60. The van der Waals surface area contributed by atoms with Crippen LogP contribution in [0.1, 0.15) is 33.6 Å². The molecule has 3 N–H and O–H groups in total. The molecule has 2 aromatic carbocycles. The molecule has 112 valence electrons. The number of hydrogen-bond acceptors (Lipinski definition) is 2. The van der Waals surface area contributed by atoms with Gasteiger partial charge in [0.2, 0.25) is 0 Å². The number of fused-ring (bicyclic) bond motifs is 2. The highest BCUT2D eigenvalue weighted by Crippen LogP contribution is 2.28. The first kappa shape index (κ1) is 14.0. The standard InChI is InChI=1S/C20H16N2S/c21-20(22)19-12-17-15(4-2-6-18(17)23-19)10-8-13-7-9-14-3-1-5-16(14)11-13/h2,4,6-7,9,11-12H,1,3,5H2,(H3,21,22). The molecule has 4 rings (SSSR count). The van der Waals surface area contributed by atoms with Crippen molar-refractivity contribution in [2.24, 2.45) is 5.73 Å². The van der Waals surface area contributed by atoms with Crippen LogP contribution in [0.3, 0.4) is 0 Å². The highest BCUT2D eigenvalue weighted by atomic mass is 32.1. The summed E-state index contributed by atoms with van der Waals surface area (Å²) in [6.07, 6.45) is 3.63. The van der Waals surface area contributed by atoms with E-state index in [0.717, 1.165) is 26.1 Å². The van der Waals surface area contributed by atoms with Gasteiger partial charge in [-0.2, -0.15) is 0 Å². The van der Waals surface area contributed by atoms with Gasteiger partial charge in [-0.1, -0.05) is 24.0 Å². The first-order valence-electron chi connectivity index (χ1n) is 7.71. The van der Waals surface area contributed by atoms with Gasteiger partial charge in [0.05, 0.1) is 4.88 Å². The molecule has 0 amide bonds. The summed E-state index contributed by atoms with van der Waals surface area (Å²) in [6, 6.07) is 14.6. The van der Waals surface area contributed by atoms with Crippen molar-refractivity contribution in [2.75, 3.05) is 0 Å². The molecule has 2 nitrogen and oxygen atoms in total. The SMILES string of the molecule is N=C(N)c1cc2c(C#Cc3ccc4c(c3)CCC4)cccc2s1. The minimum absolute atomic E-state index is 0.115. The molecule has 0 saturated heterocycles. The molecule has 0 radical (unpaired) electrons. The molecule has 1 heterocycles. The third kappa shape index (κ3) is 2.62. The summed E-state index contributed by atoms with van der Waals surface area (Å²) in [5.41, 5.74) is 10.6. The molecular formula is C20H16N2S. The van der Waals surface area contributed by atoms with Crippen LogP contribution in [-0.4, -0.2) is 5.84 Å². The van der Waals surface area contributed by atoms with Crippen LogP contribution in [0.5, 0.6) is 0 Å². The van der Waals surface area contributed by atoms with Crippen molar-refractivity contribution in [3.8, 4) is 11.8 Å². The molecule has 0 bridgehead atoms. The Bertz CT molecular complexity index is 986. The molecule has 0 spiro atoms. The van der Waals surface area contributed by atoms with Crippen LogP contribution in [0.25, 0.3) is 10.1 Å². The molecule has 0 fully saturated rings. The first-order valence-corrected chi connectivity index (χ1v) is 8.53. The van der Waals surface area contributed by atoms with Gasteiger partial charge in [0.15, 0.2) is 0 Å². The largest absolute Gasteiger partial charge is 0.383 e. The van der Waals surface area contributed by atoms with Crippen molar-refractivity contribution >= 4 is 27.3 Å². The van der Waals surface area contributed by atoms with E-state index in [1.54, 1.807) is 11.3 Å². The van der Waals surface area contributed by atoms with Crippen LogP contribution in [0.4, 0.5) is 0 Å². The van der Waals surface area contributed by atoms with Gasteiger partial charge in [0.25, 0.3) is 0 Å². The minimum Gasteiger partial charge on any atom is -0.383 e. The van der Waals surface area contributed by atoms with Gasteiger partial charge in [-0.15, -0.1) is 11.3 Å². The Morgan fingerprint density at radius 3 is 2.78 bits per heavy atom. The zero-order chi connectivity index (χ0) is 15.8. The van der Waals surface area contributed by atoms with Crippen LogP contribution in [-0.2, 0) is 12.8 Å². The Hall–Kier alpha value is -2.57. The van der Waals surface area contributed by atoms with E-state index in [-0.39, 0.29) is 5.84 Å². The Kier molecular flexibility index (Phi) is 3.40. The number of benzene rings is 2. The molecule has 0 unspecified atom stereocenters. The number of nitrogens with one attached hydrogen (secondary N) is 1. The van der Waals surface area contributed by atoms with Gasteiger partial charge in [-0.05, 0) is 60.7 Å². The molecule has 1 aliphatic carbocycles. The van der Waals surface area contributed by atoms with Gasteiger partial charge in [-0.25, -0.2) is 0 Å². The van der Waals surface area contributed by atoms with Gasteiger partial charge >= 0.3 is 0 Å². The minimum atomic E-state index is 0.115. The van der Waals surface area contributed by atoms with E-state index in [2.05, 4.69) is 30.0 Å². The fourth-order valence-corrected chi connectivity index (χ4v) is 4.04. The van der Waals surface area contributed by atoms with Crippen LogP contribution in [0.15, 0.2) is 42.5 Å². The van der Waals surface area contributed by atoms with Crippen LogP contribution < -0.4 is 5.73 Å². The second-order valence-electron chi connectivity index (χ2n) is 5.83. The number of rotatable bonds is 1. The predicted molar refractivity (Wildman–Crippen MR) is 97.3 cm³/mol. The molecule has 1 aliphatic rings.